The number of likely N-dealkylation sites (tertiary alicyclic amines) is 3. The van der Waals surface area contributed by atoms with Crippen LogP contribution >= 0.6 is 0 Å². The summed E-state index contributed by atoms with van der Waals surface area (Å²) < 4.78 is 5.21. The Morgan fingerprint density at radius 3 is 0.848 bits per heavy atom. The summed E-state index contributed by atoms with van der Waals surface area (Å²) in [7, 11) is 0. The lowest BCUT2D eigenvalue weighted by Crippen LogP contribution is -2.41. The molecule has 0 unspecified atom stereocenters. The Bertz CT molecular complexity index is 411. The predicted molar refractivity (Wildman–Crippen MR) is 145 cm³/mol. The fourth-order valence-electron chi connectivity index (χ4n) is 4.64. The van der Waals surface area contributed by atoms with Crippen LogP contribution in [0.3, 0.4) is 0 Å². The van der Waals surface area contributed by atoms with Gasteiger partial charge in [0.05, 0.1) is 13.2 Å². The number of morpholine rings is 1. The summed E-state index contributed by atoms with van der Waals surface area (Å²) >= 11 is 0. The van der Waals surface area contributed by atoms with E-state index in [0.717, 1.165) is 44.4 Å². The van der Waals surface area contributed by atoms with Crippen molar-refractivity contribution in [3.63, 3.8) is 0 Å². The van der Waals surface area contributed by atoms with Crippen LogP contribution in [0.2, 0.25) is 0 Å². The van der Waals surface area contributed by atoms with E-state index in [1.54, 1.807) is 0 Å². The van der Waals surface area contributed by atoms with Gasteiger partial charge in [-0.15, -0.1) is 0 Å². The molecule has 33 heavy (non-hydrogen) atoms. The van der Waals surface area contributed by atoms with Gasteiger partial charge in [-0.1, -0.05) is 6.42 Å². The Morgan fingerprint density at radius 2 is 0.636 bits per heavy atom. The van der Waals surface area contributed by atoms with Gasteiger partial charge in [0, 0.05) is 37.3 Å². The monoisotopic (exact) mass is 468 g/mol. The van der Waals surface area contributed by atoms with Crippen molar-refractivity contribution in [2.75, 3.05) is 65.6 Å². The van der Waals surface area contributed by atoms with Crippen molar-refractivity contribution in [3.8, 4) is 0 Å². The molecule has 5 nitrogen and oxygen atoms in total. The summed E-state index contributed by atoms with van der Waals surface area (Å²) in [6, 6.07) is 3.02. The smallest absolute Gasteiger partial charge is 0.0594 e. The molecule has 0 radical (unpaired) electrons. The van der Waals surface area contributed by atoms with E-state index in [9.17, 15) is 0 Å². The molecule has 198 valence electrons. The zero-order chi connectivity index (χ0) is 24.6. The van der Waals surface area contributed by atoms with Gasteiger partial charge >= 0.3 is 0 Å². The highest BCUT2D eigenvalue weighted by Crippen LogP contribution is 2.11. The Balaban J connectivity index is 0.000000221. The first-order valence-corrected chi connectivity index (χ1v) is 14.3. The molecule has 4 fully saturated rings. The summed E-state index contributed by atoms with van der Waals surface area (Å²) in [5, 5.41) is 0. The molecule has 0 bridgehead atoms. The Hall–Kier alpha value is -0.200. The number of nitrogens with zero attached hydrogens (tertiary/aromatic N) is 4. The first-order valence-electron chi connectivity index (χ1n) is 14.3. The molecule has 0 saturated carbocycles. The third-order valence-corrected chi connectivity index (χ3v) is 7.39. The van der Waals surface area contributed by atoms with Crippen LogP contribution in [0, 0.1) is 0 Å². The molecule has 4 saturated heterocycles. The van der Waals surface area contributed by atoms with Gasteiger partial charge in [0.2, 0.25) is 0 Å². The topological polar surface area (TPSA) is 22.2 Å². The standard InChI is InChI=1S/C8H17N.C7H15NO.C7H15N.C6H13N/c1-8(2)9-6-4-3-5-7-9;1-7(2)8-3-5-9-6-4-8;1-7(2)8-5-3-4-6-8;1-6(2)7-4-3-5-7/h8H,3-7H2,1-2H3;7H,3-6H2,1-2H3;7H,3-6H2,1-2H3;6H,3-5H2,1-2H3. The first kappa shape index (κ1) is 30.8. The van der Waals surface area contributed by atoms with Crippen molar-refractivity contribution < 1.29 is 4.74 Å². The zero-order valence-corrected chi connectivity index (χ0v) is 23.8. The molecule has 0 aromatic rings. The average Bonchev–Trinajstić information content (AvgIpc) is 3.30. The molecule has 5 heteroatoms. The van der Waals surface area contributed by atoms with Crippen LogP contribution in [0.15, 0.2) is 0 Å². The van der Waals surface area contributed by atoms with Crippen molar-refractivity contribution in [2.24, 2.45) is 0 Å². The molecule has 4 rings (SSSR count). The zero-order valence-electron chi connectivity index (χ0n) is 23.8. The minimum absolute atomic E-state index is 0.689. The van der Waals surface area contributed by atoms with Crippen LogP contribution in [-0.2, 0) is 4.74 Å². The van der Waals surface area contributed by atoms with Gasteiger partial charge in [-0.3, -0.25) is 4.90 Å². The maximum Gasteiger partial charge on any atom is 0.0594 e. The van der Waals surface area contributed by atoms with E-state index in [1.807, 2.05) is 0 Å². The number of piperidine rings is 1. The lowest BCUT2D eigenvalue weighted by atomic mass is 10.1. The van der Waals surface area contributed by atoms with Crippen LogP contribution in [0.25, 0.3) is 0 Å². The molecular weight excluding hydrogens is 408 g/mol. The van der Waals surface area contributed by atoms with E-state index in [2.05, 4.69) is 75.0 Å². The Labute approximate surface area is 208 Å². The van der Waals surface area contributed by atoms with Gasteiger partial charge in [0.1, 0.15) is 0 Å². The maximum atomic E-state index is 5.21. The predicted octanol–water partition coefficient (Wildman–Crippen LogP) is 5.20. The summed E-state index contributed by atoms with van der Waals surface area (Å²) in [4.78, 5) is 9.99. The third kappa shape index (κ3) is 14.1. The van der Waals surface area contributed by atoms with Gasteiger partial charge in [-0.2, -0.15) is 0 Å². The molecule has 4 heterocycles. The third-order valence-electron chi connectivity index (χ3n) is 7.39. The van der Waals surface area contributed by atoms with Crippen molar-refractivity contribution in [1.82, 2.24) is 19.6 Å². The molecule has 0 atom stereocenters. The fourth-order valence-corrected chi connectivity index (χ4v) is 4.64. The van der Waals surface area contributed by atoms with Gasteiger partial charge in [0.25, 0.3) is 0 Å². The van der Waals surface area contributed by atoms with Crippen LogP contribution in [-0.4, -0.2) is 109 Å². The molecule has 0 spiro atoms. The van der Waals surface area contributed by atoms with Crippen LogP contribution in [0.1, 0.15) is 93.9 Å². The van der Waals surface area contributed by atoms with Crippen molar-refractivity contribution in [2.45, 2.75) is 118 Å². The largest absolute Gasteiger partial charge is 0.379 e. The van der Waals surface area contributed by atoms with Gasteiger partial charge in [-0.25, -0.2) is 0 Å². The summed E-state index contributed by atoms with van der Waals surface area (Å²) in [6.07, 6.45) is 8.52. The molecular formula is C28H60N4O. The second-order valence-corrected chi connectivity index (χ2v) is 11.3. The molecule has 0 aromatic heterocycles. The Morgan fingerprint density at radius 1 is 0.364 bits per heavy atom. The van der Waals surface area contributed by atoms with Gasteiger partial charge in [-0.05, 0) is 127 Å². The highest BCUT2D eigenvalue weighted by molar-refractivity contribution is 4.71. The van der Waals surface area contributed by atoms with E-state index in [4.69, 9.17) is 4.74 Å². The summed E-state index contributed by atoms with van der Waals surface area (Å²) in [5.74, 6) is 0. The molecule has 0 aromatic carbocycles. The molecule has 0 N–H and O–H groups in total. The highest BCUT2D eigenvalue weighted by Gasteiger charge is 2.16. The van der Waals surface area contributed by atoms with Gasteiger partial charge < -0.3 is 19.4 Å². The van der Waals surface area contributed by atoms with Crippen molar-refractivity contribution >= 4 is 0 Å². The number of hydrogen-bond donors (Lipinski definition) is 0. The molecule has 4 aliphatic rings. The fraction of sp³-hybridized carbons (Fsp3) is 1.00. The SMILES string of the molecule is CC(C)N1CCC1.CC(C)N1CCCC1.CC(C)N1CCCCC1.CC(C)N1CCOCC1. The lowest BCUT2D eigenvalue weighted by Gasteiger charge is -2.34. The Kier molecular flexibility index (Phi) is 16.9. The number of hydrogen-bond acceptors (Lipinski definition) is 5. The molecule has 0 amide bonds. The minimum Gasteiger partial charge on any atom is -0.379 e. The number of rotatable bonds is 4. The second-order valence-electron chi connectivity index (χ2n) is 11.3. The summed E-state index contributed by atoms with van der Waals surface area (Å²) in [5.41, 5.74) is 0. The number of ether oxygens (including phenoxy) is 1. The summed E-state index contributed by atoms with van der Waals surface area (Å²) in [6.45, 7) is 30.1. The van der Waals surface area contributed by atoms with E-state index in [-0.39, 0.29) is 0 Å². The normalized spacial score (nSPS) is 22.9. The minimum atomic E-state index is 0.689. The first-order chi connectivity index (χ1) is 15.7. The molecule has 4 aliphatic heterocycles. The van der Waals surface area contributed by atoms with Gasteiger partial charge in [0.15, 0.2) is 0 Å². The van der Waals surface area contributed by atoms with Crippen molar-refractivity contribution in [3.05, 3.63) is 0 Å². The second kappa shape index (κ2) is 18.1. The van der Waals surface area contributed by atoms with Crippen molar-refractivity contribution in [1.29, 1.82) is 0 Å². The van der Waals surface area contributed by atoms with E-state index in [1.165, 1.54) is 77.8 Å². The quantitative estimate of drug-likeness (QED) is 0.564. The van der Waals surface area contributed by atoms with E-state index >= 15 is 0 Å². The maximum absolute atomic E-state index is 5.21. The van der Waals surface area contributed by atoms with Crippen LogP contribution in [0.4, 0.5) is 0 Å². The van der Waals surface area contributed by atoms with E-state index < -0.39 is 0 Å². The molecule has 0 aliphatic carbocycles. The van der Waals surface area contributed by atoms with E-state index in [0.29, 0.717) is 6.04 Å². The average molecular weight is 469 g/mol. The lowest BCUT2D eigenvalue weighted by molar-refractivity contribution is 0.0238. The van der Waals surface area contributed by atoms with Crippen LogP contribution in [0.5, 0.6) is 0 Å². The van der Waals surface area contributed by atoms with Crippen LogP contribution < -0.4 is 0 Å². The highest BCUT2D eigenvalue weighted by atomic mass is 16.5.